The molecule has 0 saturated heterocycles. The zero-order valence-corrected chi connectivity index (χ0v) is 13.4. The Balaban J connectivity index is 2.02. The number of hydrogen-bond acceptors (Lipinski definition) is 7. The highest BCUT2D eigenvalue weighted by Gasteiger charge is 2.13. The summed E-state index contributed by atoms with van der Waals surface area (Å²) in [4.78, 5) is 35.9. The van der Waals surface area contributed by atoms with E-state index in [-0.39, 0.29) is 22.4 Å². The number of rotatable bonds is 4. The molecule has 0 amide bonds. The number of non-ortho nitro benzene ring substituents is 2. The summed E-state index contributed by atoms with van der Waals surface area (Å²) >= 11 is 0. The van der Waals surface area contributed by atoms with Crippen LogP contribution in [-0.4, -0.2) is 14.8 Å². The van der Waals surface area contributed by atoms with Crippen molar-refractivity contribution in [1.29, 1.82) is 0 Å². The lowest BCUT2D eigenvalue weighted by Crippen LogP contribution is -2.05. The Labute approximate surface area is 145 Å². The van der Waals surface area contributed by atoms with Crippen LogP contribution in [0.25, 0.3) is 10.9 Å². The minimum absolute atomic E-state index is 0.0599. The highest BCUT2D eigenvalue weighted by atomic mass is 16.6. The second-order valence-corrected chi connectivity index (χ2v) is 5.39. The van der Waals surface area contributed by atoms with Crippen LogP contribution in [0.2, 0.25) is 0 Å². The Bertz CT molecular complexity index is 1120. The molecule has 3 aromatic rings. The van der Waals surface area contributed by atoms with Gasteiger partial charge in [-0.25, -0.2) is 0 Å². The lowest BCUT2D eigenvalue weighted by Gasteiger charge is -2.03. The van der Waals surface area contributed by atoms with Crippen LogP contribution in [0.3, 0.4) is 0 Å². The molecular formula is C16H11N5O5. The number of fused-ring (bicyclic) bond motifs is 1. The summed E-state index contributed by atoms with van der Waals surface area (Å²) in [5.74, 6) is 0. The molecule has 0 aliphatic rings. The Morgan fingerprint density at radius 3 is 2.15 bits per heavy atom. The molecule has 1 heterocycles. The van der Waals surface area contributed by atoms with Gasteiger partial charge in [-0.15, -0.1) is 5.11 Å². The van der Waals surface area contributed by atoms with E-state index in [2.05, 4.69) is 15.2 Å². The molecule has 0 atom stereocenters. The largest absolute Gasteiger partial charge is 0.356 e. The summed E-state index contributed by atoms with van der Waals surface area (Å²) in [6, 6.07) is 9.27. The summed E-state index contributed by atoms with van der Waals surface area (Å²) in [6.45, 7) is 1.60. The van der Waals surface area contributed by atoms with Gasteiger partial charge in [0.05, 0.1) is 21.1 Å². The SMILES string of the molecule is Cc1[nH]c2cc([N+](=O)[O-])ccc2c(=O)c1N=Nc1ccc([N+](=O)[O-])cc1. The summed E-state index contributed by atoms with van der Waals surface area (Å²) in [5.41, 5.74) is 0.502. The first-order valence-electron chi connectivity index (χ1n) is 7.34. The van der Waals surface area contributed by atoms with E-state index in [4.69, 9.17) is 0 Å². The minimum Gasteiger partial charge on any atom is -0.356 e. The van der Waals surface area contributed by atoms with Crippen LogP contribution in [0.4, 0.5) is 22.7 Å². The maximum atomic E-state index is 12.6. The molecule has 130 valence electrons. The molecule has 26 heavy (non-hydrogen) atoms. The Morgan fingerprint density at radius 1 is 0.923 bits per heavy atom. The predicted octanol–water partition coefficient (Wildman–Crippen LogP) is 4.07. The zero-order valence-electron chi connectivity index (χ0n) is 13.4. The average Bonchev–Trinajstić information content (AvgIpc) is 2.61. The van der Waals surface area contributed by atoms with Gasteiger partial charge in [-0.2, -0.15) is 5.11 Å². The topological polar surface area (TPSA) is 144 Å². The number of nitro groups is 2. The van der Waals surface area contributed by atoms with Crippen molar-refractivity contribution in [1.82, 2.24) is 4.98 Å². The van der Waals surface area contributed by atoms with E-state index in [1.807, 2.05) is 0 Å². The first kappa shape index (κ1) is 16.9. The third-order valence-corrected chi connectivity index (χ3v) is 3.68. The number of hydrogen-bond donors (Lipinski definition) is 1. The molecule has 0 unspecified atom stereocenters. The fourth-order valence-corrected chi connectivity index (χ4v) is 2.38. The minimum atomic E-state index is -0.546. The molecule has 0 aliphatic carbocycles. The number of pyridine rings is 1. The average molecular weight is 353 g/mol. The van der Waals surface area contributed by atoms with E-state index in [0.717, 1.165) is 0 Å². The number of nitro benzene ring substituents is 2. The standard InChI is InChI=1S/C16H11N5O5/c1-9-15(19-18-10-2-4-11(5-3-10)20(23)24)16(22)13-7-6-12(21(25)26)8-14(13)17-9/h2-8H,1H3,(H,17,22). The number of H-pyrrole nitrogens is 1. The van der Waals surface area contributed by atoms with Gasteiger partial charge in [-0.05, 0) is 25.1 Å². The molecule has 10 nitrogen and oxygen atoms in total. The van der Waals surface area contributed by atoms with E-state index in [0.29, 0.717) is 16.9 Å². The van der Waals surface area contributed by atoms with Crippen molar-refractivity contribution >= 4 is 33.7 Å². The lowest BCUT2D eigenvalue weighted by molar-refractivity contribution is -0.385. The van der Waals surface area contributed by atoms with Crippen molar-refractivity contribution in [3.63, 3.8) is 0 Å². The van der Waals surface area contributed by atoms with Crippen LogP contribution in [0.5, 0.6) is 0 Å². The molecule has 1 N–H and O–H groups in total. The monoisotopic (exact) mass is 353 g/mol. The van der Waals surface area contributed by atoms with Gasteiger partial charge in [0.25, 0.3) is 11.4 Å². The molecule has 3 rings (SSSR count). The second-order valence-electron chi connectivity index (χ2n) is 5.39. The molecule has 0 aliphatic heterocycles. The number of azo groups is 1. The summed E-state index contributed by atoms with van der Waals surface area (Å²) in [7, 11) is 0. The van der Waals surface area contributed by atoms with E-state index >= 15 is 0 Å². The van der Waals surface area contributed by atoms with Gasteiger partial charge in [-0.3, -0.25) is 25.0 Å². The van der Waals surface area contributed by atoms with Crippen molar-refractivity contribution in [2.24, 2.45) is 10.2 Å². The maximum Gasteiger partial charge on any atom is 0.271 e. The van der Waals surface area contributed by atoms with E-state index in [1.165, 1.54) is 42.5 Å². The number of nitrogens with one attached hydrogen (secondary N) is 1. The highest BCUT2D eigenvalue weighted by molar-refractivity contribution is 5.83. The van der Waals surface area contributed by atoms with Crippen molar-refractivity contribution < 1.29 is 9.85 Å². The van der Waals surface area contributed by atoms with Crippen LogP contribution in [0.15, 0.2) is 57.5 Å². The Morgan fingerprint density at radius 2 is 1.54 bits per heavy atom. The number of aromatic nitrogens is 1. The third-order valence-electron chi connectivity index (χ3n) is 3.68. The van der Waals surface area contributed by atoms with Gasteiger partial charge in [0.1, 0.15) is 0 Å². The number of benzene rings is 2. The van der Waals surface area contributed by atoms with Crippen molar-refractivity contribution in [2.45, 2.75) is 6.92 Å². The zero-order chi connectivity index (χ0) is 18.8. The summed E-state index contributed by atoms with van der Waals surface area (Å²) in [5, 5.41) is 29.6. The number of aryl methyl sites for hydroxylation is 1. The summed E-state index contributed by atoms with van der Waals surface area (Å²) < 4.78 is 0. The van der Waals surface area contributed by atoms with E-state index in [1.54, 1.807) is 6.92 Å². The first-order valence-corrected chi connectivity index (χ1v) is 7.34. The normalized spacial score (nSPS) is 11.1. The van der Waals surface area contributed by atoms with Crippen LogP contribution in [-0.2, 0) is 0 Å². The van der Waals surface area contributed by atoms with E-state index < -0.39 is 15.3 Å². The van der Waals surface area contributed by atoms with Crippen LogP contribution < -0.4 is 5.43 Å². The highest BCUT2D eigenvalue weighted by Crippen LogP contribution is 2.24. The Kier molecular flexibility index (Phi) is 4.23. The molecule has 0 bridgehead atoms. The number of aromatic amines is 1. The smallest absolute Gasteiger partial charge is 0.271 e. The van der Waals surface area contributed by atoms with Gasteiger partial charge < -0.3 is 4.98 Å². The fourth-order valence-electron chi connectivity index (χ4n) is 2.38. The molecular weight excluding hydrogens is 342 g/mol. The number of nitrogens with zero attached hydrogens (tertiary/aromatic N) is 4. The quantitative estimate of drug-likeness (QED) is 0.427. The molecule has 2 aromatic carbocycles. The van der Waals surface area contributed by atoms with Crippen LogP contribution >= 0.6 is 0 Å². The predicted molar refractivity (Wildman–Crippen MR) is 93.2 cm³/mol. The molecule has 1 aromatic heterocycles. The fraction of sp³-hybridized carbons (Fsp3) is 0.0625. The third kappa shape index (κ3) is 3.15. The van der Waals surface area contributed by atoms with Gasteiger partial charge >= 0.3 is 0 Å². The first-order chi connectivity index (χ1) is 12.4. The van der Waals surface area contributed by atoms with E-state index in [9.17, 15) is 25.0 Å². The second kappa shape index (κ2) is 6.51. The summed E-state index contributed by atoms with van der Waals surface area (Å²) in [6.07, 6.45) is 0. The maximum absolute atomic E-state index is 12.6. The van der Waals surface area contributed by atoms with Crippen molar-refractivity contribution in [3.8, 4) is 0 Å². The van der Waals surface area contributed by atoms with Gasteiger partial charge in [-0.1, -0.05) is 0 Å². The molecule has 0 spiro atoms. The van der Waals surface area contributed by atoms with Crippen LogP contribution in [0, 0.1) is 27.2 Å². The van der Waals surface area contributed by atoms with Gasteiger partial charge in [0.15, 0.2) is 5.69 Å². The van der Waals surface area contributed by atoms with Crippen LogP contribution in [0.1, 0.15) is 5.69 Å². The molecule has 0 fully saturated rings. The lowest BCUT2D eigenvalue weighted by atomic mass is 10.1. The Hall–Kier alpha value is -3.95. The van der Waals surface area contributed by atoms with Gasteiger partial charge in [0.2, 0.25) is 5.43 Å². The molecule has 0 saturated carbocycles. The molecule has 10 heteroatoms. The van der Waals surface area contributed by atoms with Crippen molar-refractivity contribution in [3.05, 3.63) is 78.6 Å². The van der Waals surface area contributed by atoms with Crippen molar-refractivity contribution in [2.75, 3.05) is 0 Å². The van der Waals surface area contributed by atoms with Gasteiger partial charge in [0, 0.05) is 35.3 Å². The molecule has 0 radical (unpaired) electrons.